The van der Waals surface area contributed by atoms with E-state index in [0.717, 1.165) is 5.56 Å². The van der Waals surface area contributed by atoms with Crippen molar-refractivity contribution in [2.45, 2.75) is 51.6 Å². The van der Waals surface area contributed by atoms with Crippen molar-refractivity contribution in [3.05, 3.63) is 35.9 Å². The molecule has 1 aliphatic rings. The molecule has 1 fully saturated rings. The normalized spacial score (nSPS) is 20.7. The van der Waals surface area contributed by atoms with Gasteiger partial charge in [-0.3, -0.25) is 0 Å². The molecule has 0 aromatic heterocycles. The molecule has 2 rings (SSSR count). The molecular weight excluding hydrogens is 327 g/mol. The number of halogens is 1. The second-order valence-electron chi connectivity index (χ2n) is 7.04. The Morgan fingerprint density at radius 2 is 1.96 bits per heavy atom. The summed E-state index contributed by atoms with van der Waals surface area (Å²) in [5, 5.41) is 2.50. The summed E-state index contributed by atoms with van der Waals surface area (Å²) in [4.78, 5) is 25.4. The van der Waals surface area contributed by atoms with Crippen LogP contribution in [0, 0.1) is 0 Å². The second-order valence-corrected chi connectivity index (χ2v) is 7.04. The molecule has 0 bridgehead atoms. The highest BCUT2D eigenvalue weighted by molar-refractivity contribution is 5.70. The lowest BCUT2D eigenvalue weighted by Crippen LogP contribution is -2.55. The lowest BCUT2D eigenvalue weighted by molar-refractivity contribution is 0.0353. The molecule has 1 heterocycles. The third-order valence-corrected chi connectivity index (χ3v) is 3.69. The van der Waals surface area contributed by atoms with Crippen molar-refractivity contribution in [1.82, 2.24) is 10.2 Å². The Morgan fingerprint density at radius 1 is 1.28 bits per heavy atom. The van der Waals surface area contributed by atoms with Crippen LogP contribution in [0.2, 0.25) is 0 Å². The van der Waals surface area contributed by atoms with Crippen LogP contribution in [0.25, 0.3) is 0 Å². The van der Waals surface area contributed by atoms with Gasteiger partial charge in [0.2, 0.25) is 0 Å². The van der Waals surface area contributed by atoms with Crippen LogP contribution in [0.15, 0.2) is 30.3 Å². The zero-order chi connectivity index (χ0) is 18.4. The van der Waals surface area contributed by atoms with Crippen LogP contribution >= 0.6 is 0 Å². The molecule has 0 aliphatic carbocycles. The van der Waals surface area contributed by atoms with Crippen molar-refractivity contribution in [3.8, 4) is 0 Å². The minimum atomic E-state index is -1.23. The molecule has 7 heteroatoms. The van der Waals surface area contributed by atoms with E-state index in [0.29, 0.717) is 0 Å². The highest BCUT2D eigenvalue weighted by Crippen LogP contribution is 2.17. The molecule has 1 aliphatic heterocycles. The van der Waals surface area contributed by atoms with Crippen LogP contribution in [-0.2, 0) is 16.1 Å². The Kier molecular flexibility index (Phi) is 6.22. The smallest absolute Gasteiger partial charge is 0.410 e. The standard InChI is InChI=1S/C18H25FN2O4/c1-18(2,3)25-16(22)20-15-11-21(10-9-14(15)19)17(23)24-12-13-7-5-4-6-8-13/h4-8,14-15H,9-12H2,1-3H3,(H,20,22)/t14?,15-/m0/s1. The molecule has 1 unspecified atom stereocenters. The van der Waals surface area contributed by atoms with Gasteiger partial charge >= 0.3 is 12.2 Å². The van der Waals surface area contributed by atoms with Gasteiger partial charge in [0, 0.05) is 13.1 Å². The lowest BCUT2D eigenvalue weighted by Gasteiger charge is -2.35. The van der Waals surface area contributed by atoms with E-state index in [-0.39, 0.29) is 26.1 Å². The average molecular weight is 352 g/mol. The number of benzene rings is 1. The van der Waals surface area contributed by atoms with Gasteiger partial charge in [0.05, 0.1) is 6.04 Å². The Morgan fingerprint density at radius 3 is 2.60 bits per heavy atom. The molecule has 1 aromatic rings. The van der Waals surface area contributed by atoms with Gasteiger partial charge in [0.25, 0.3) is 0 Å². The van der Waals surface area contributed by atoms with Gasteiger partial charge < -0.3 is 19.7 Å². The average Bonchev–Trinajstić information content (AvgIpc) is 2.54. The maximum Gasteiger partial charge on any atom is 0.410 e. The number of alkyl halides is 1. The van der Waals surface area contributed by atoms with E-state index in [4.69, 9.17) is 9.47 Å². The van der Waals surface area contributed by atoms with Crippen LogP contribution in [0.4, 0.5) is 14.0 Å². The molecule has 1 saturated heterocycles. The van der Waals surface area contributed by atoms with E-state index < -0.39 is 30.0 Å². The zero-order valence-electron chi connectivity index (χ0n) is 14.8. The van der Waals surface area contributed by atoms with Crippen LogP contribution in [0.1, 0.15) is 32.8 Å². The highest BCUT2D eigenvalue weighted by Gasteiger charge is 2.34. The fourth-order valence-electron chi connectivity index (χ4n) is 2.49. The number of hydrogen-bond acceptors (Lipinski definition) is 4. The number of nitrogens with one attached hydrogen (secondary N) is 1. The second kappa shape index (κ2) is 8.18. The van der Waals surface area contributed by atoms with Crippen molar-refractivity contribution >= 4 is 12.2 Å². The number of carbonyl (C=O) groups excluding carboxylic acids is 2. The van der Waals surface area contributed by atoms with Crippen molar-refractivity contribution in [2.24, 2.45) is 0 Å². The van der Waals surface area contributed by atoms with E-state index in [9.17, 15) is 14.0 Å². The molecular formula is C18H25FN2O4. The number of hydrogen-bond donors (Lipinski definition) is 1. The summed E-state index contributed by atoms with van der Waals surface area (Å²) in [7, 11) is 0. The monoisotopic (exact) mass is 352 g/mol. The van der Waals surface area contributed by atoms with Gasteiger partial charge in [0.1, 0.15) is 18.4 Å². The molecule has 6 nitrogen and oxygen atoms in total. The molecule has 0 radical (unpaired) electrons. The maximum absolute atomic E-state index is 14.1. The molecule has 0 spiro atoms. The highest BCUT2D eigenvalue weighted by atomic mass is 19.1. The topological polar surface area (TPSA) is 67.9 Å². The van der Waals surface area contributed by atoms with E-state index in [1.807, 2.05) is 30.3 Å². The van der Waals surface area contributed by atoms with Gasteiger partial charge in [-0.25, -0.2) is 14.0 Å². The van der Waals surface area contributed by atoms with Gasteiger partial charge in [0.15, 0.2) is 0 Å². The Bertz CT molecular complexity index is 588. The number of likely N-dealkylation sites (tertiary alicyclic amines) is 1. The quantitative estimate of drug-likeness (QED) is 0.907. The minimum absolute atomic E-state index is 0.0496. The Balaban J connectivity index is 1.86. The Hall–Kier alpha value is -2.31. The third-order valence-electron chi connectivity index (χ3n) is 3.69. The third kappa shape index (κ3) is 6.25. The number of amides is 2. The molecule has 2 amide bonds. The van der Waals surface area contributed by atoms with Crippen LogP contribution < -0.4 is 5.32 Å². The van der Waals surface area contributed by atoms with Gasteiger partial charge in [-0.15, -0.1) is 0 Å². The lowest BCUT2D eigenvalue weighted by atomic mass is 10.0. The summed E-state index contributed by atoms with van der Waals surface area (Å²) in [6.45, 7) is 5.64. The first-order valence-electron chi connectivity index (χ1n) is 8.34. The number of nitrogens with zero attached hydrogens (tertiary/aromatic N) is 1. The van der Waals surface area contributed by atoms with Crippen molar-refractivity contribution in [1.29, 1.82) is 0 Å². The Labute approximate surface area is 147 Å². The summed E-state index contributed by atoms with van der Waals surface area (Å²) >= 11 is 0. The largest absolute Gasteiger partial charge is 0.445 e. The van der Waals surface area contributed by atoms with E-state index in [1.54, 1.807) is 20.8 Å². The van der Waals surface area contributed by atoms with Crippen LogP contribution in [0.5, 0.6) is 0 Å². The van der Waals surface area contributed by atoms with E-state index in [1.165, 1.54) is 4.90 Å². The first-order valence-corrected chi connectivity index (χ1v) is 8.34. The SMILES string of the molecule is CC(C)(C)OC(=O)N[C@H]1CN(C(=O)OCc2ccccc2)CCC1F. The van der Waals surface area contributed by atoms with Crippen molar-refractivity contribution in [2.75, 3.05) is 13.1 Å². The predicted octanol–water partition coefficient (Wildman–Crippen LogP) is 3.26. The van der Waals surface area contributed by atoms with Gasteiger partial charge in [-0.05, 0) is 32.8 Å². The molecule has 25 heavy (non-hydrogen) atoms. The van der Waals surface area contributed by atoms with Crippen LogP contribution in [0.3, 0.4) is 0 Å². The number of alkyl carbamates (subject to hydrolysis) is 1. The number of rotatable bonds is 3. The maximum atomic E-state index is 14.1. The van der Waals surface area contributed by atoms with Crippen molar-refractivity contribution < 1.29 is 23.5 Å². The first kappa shape index (κ1) is 19.0. The first-order chi connectivity index (χ1) is 11.7. The number of piperidine rings is 1. The van der Waals surface area contributed by atoms with Gasteiger partial charge in [-0.1, -0.05) is 30.3 Å². The summed E-state index contributed by atoms with van der Waals surface area (Å²) in [5.41, 5.74) is 0.207. The summed E-state index contributed by atoms with van der Waals surface area (Å²) in [6.07, 6.45) is -2.31. The molecule has 0 saturated carbocycles. The zero-order valence-corrected chi connectivity index (χ0v) is 14.8. The molecule has 2 atom stereocenters. The predicted molar refractivity (Wildman–Crippen MR) is 90.9 cm³/mol. The summed E-state index contributed by atoms with van der Waals surface area (Å²) in [5.74, 6) is 0. The fraction of sp³-hybridized carbons (Fsp3) is 0.556. The molecule has 1 N–H and O–H groups in total. The minimum Gasteiger partial charge on any atom is -0.445 e. The number of carbonyl (C=O) groups is 2. The van der Waals surface area contributed by atoms with Gasteiger partial charge in [-0.2, -0.15) is 0 Å². The summed E-state index contributed by atoms with van der Waals surface area (Å²) < 4.78 is 24.5. The fourth-order valence-corrected chi connectivity index (χ4v) is 2.49. The molecule has 138 valence electrons. The van der Waals surface area contributed by atoms with E-state index >= 15 is 0 Å². The summed E-state index contributed by atoms with van der Waals surface area (Å²) in [6, 6.07) is 8.50. The van der Waals surface area contributed by atoms with E-state index in [2.05, 4.69) is 5.32 Å². The molecule has 1 aromatic carbocycles. The van der Waals surface area contributed by atoms with Crippen molar-refractivity contribution in [3.63, 3.8) is 0 Å². The number of ether oxygens (including phenoxy) is 2. The van der Waals surface area contributed by atoms with Crippen LogP contribution in [-0.4, -0.2) is 48.0 Å².